The molecule has 1 aromatic heterocycles. The highest BCUT2D eigenvalue weighted by Crippen LogP contribution is 2.29. The molecule has 0 saturated heterocycles. The highest BCUT2D eigenvalue weighted by atomic mass is 35.5. The summed E-state index contributed by atoms with van der Waals surface area (Å²) in [6.45, 7) is 0.680. The SMILES string of the molecule is ClCc1c(OCCc2ccsc2)ccc2ccccc12. The number of hydrogen-bond donors (Lipinski definition) is 0. The number of halogens is 1. The van der Waals surface area contributed by atoms with Crippen LogP contribution in [0.15, 0.2) is 53.2 Å². The second-order valence-electron chi connectivity index (χ2n) is 4.63. The summed E-state index contributed by atoms with van der Waals surface area (Å²) in [6, 6.07) is 14.5. The lowest BCUT2D eigenvalue weighted by molar-refractivity contribution is 0.320. The van der Waals surface area contributed by atoms with Gasteiger partial charge in [0, 0.05) is 12.0 Å². The Labute approximate surface area is 127 Å². The van der Waals surface area contributed by atoms with Gasteiger partial charge in [0.2, 0.25) is 0 Å². The van der Waals surface area contributed by atoms with Gasteiger partial charge >= 0.3 is 0 Å². The Morgan fingerprint density at radius 1 is 1.05 bits per heavy atom. The minimum Gasteiger partial charge on any atom is -0.493 e. The van der Waals surface area contributed by atoms with Crippen LogP contribution in [-0.2, 0) is 12.3 Å². The summed E-state index contributed by atoms with van der Waals surface area (Å²) in [6.07, 6.45) is 0.929. The van der Waals surface area contributed by atoms with Gasteiger partial charge in [0.1, 0.15) is 5.75 Å². The molecule has 0 aliphatic rings. The van der Waals surface area contributed by atoms with Crippen LogP contribution in [0.25, 0.3) is 10.8 Å². The van der Waals surface area contributed by atoms with E-state index in [1.54, 1.807) is 11.3 Å². The second-order valence-corrected chi connectivity index (χ2v) is 5.67. The van der Waals surface area contributed by atoms with Gasteiger partial charge in [0.15, 0.2) is 0 Å². The molecule has 3 heteroatoms. The van der Waals surface area contributed by atoms with Crippen molar-refractivity contribution in [2.24, 2.45) is 0 Å². The van der Waals surface area contributed by atoms with Gasteiger partial charge in [-0.15, -0.1) is 11.6 Å². The molecule has 3 rings (SSSR count). The molecule has 0 aliphatic heterocycles. The highest BCUT2D eigenvalue weighted by molar-refractivity contribution is 7.07. The van der Waals surface area contributed by atoms with Crippen LogP contribution in [-0.4, -0.2) is 6.61 Å². The molecule has 0 aliphatic carbocycles. The molecule has 0 radical (unpaired) electrons. The maximum Gasteiger partial charge on any atom is 0.124 e. The first kappa shape index (κ1) is 13.5. The van der Waals surface area contributed by atoms with E-state index in [4.69, 9.17) is 16.3 Å². The number of hydrogen-bond acceptors (Lipinski definition) is 2. The molecule has 0 bridgehead atoms. The van der Waals surface area contributed by atoms with E-state index in [2.05, 4.69) is 35.0 Å². The quantitative estimate of drug-likeness (QED) is 0.584. The lowest BCUT2D eigenvalue weighted by atomic mass is 10.0. The number of alkyl halides is 1. The molecule has 0 atom stereocenters. The normalized spacial score (nSPS) is 10.8. The monoisotopic (exact) mass is 302 g/mol. The Bertz CT molecular complexity index is 691. The number of thiophene rings is 1. The fraction of sp³-hybridized carbons (Fsp3) is 0.176. The standard InChI is InChI=1S/C17H15ClOS/c18-11-16-15-4-2-1-3-14(15)5-6-17(16)19-9-7-13-8-10-20-12-13/h1-6,8,10,12H,7,9,11H2. The highest BCUT2D eigenvalue weighted by Gasteiger charge is 2.07. The van der Waals surface area contributed by atoms with E-state index in [1.807, 2.05) is 18.2 Å². The molecule has 2 aromatic carbocycles. The number of fused-ring (bicyclic) bond motifs is 1. The molecule has 102 valence electrons. The van der Waals surface area contributed by atoms with Crippen LogP contribution in [0, 0.1) is 0 Å². The Hall–Kier alpha value is -1.51. The van der Waals surface area contributed by atoms with Crippen molar-refractivity contribution in [3.63, 3.8) is 0 Å². The van der Waals surface area contributed by atoms with E-state index in [1.165, 1.54) is 16.3 Å². The van der Waals surface area contributed by atoms with Crippen LogP contribution < -0.4 is 4.74 Å². The first-order valence-electron chi connectivity index (χ1n) is 6.59. The zero-order valence-corrected chi connectivity index (χ0v) is 12.6. The second kappa shape index (κ2) is 6.29. The first-order chi connectivity index (χ1) is 9.88. The van der Waals surface area contributed by atoms with Crippen molar-refractivity contribution >= 4 is 33.7 Å². The van der Waals surface area contributed by atoms with Gasteiger partial charge < -0.3 is 4.74 Å². The van der Waals surface area contributed by atoms with Crippen LogP contribution in [0.4, 0.5) is 0 Å². The van der Waals surface area contributed by atoms with Crippen LogP contribution in [0.1, 0.15) is 11.1 Å². The minimum atomic E-state index is 0.467. The molecule has 0 N–H and O–H groups in total. The maximum atomic E-state index is 6.11. The Kier molecular flexibility index (Phi) is 4.24. The summed E-state index contributed by atoms with van der Waals surface area (Å²) in [5.41, 5.74) is 2.40. The molecular formula is C17H15ClOS. The van der Waals surface area contributed by atoms with Crippen molar-refractivity contribution in [2.75, 3.05) is 6.61 Å². The largest absolute Gasteiger partial charge is 0.493 e. The molecule has 0 spiro atoms. The summed E-state index contributed by atoms with van der Waals surface area (Å²) in [5, 5.41) is 6.63. The third-order valence-electron chi connectivity index (χ3n) is 3.36. The molecule has 0 fully saturated rings. The zero-order chi connectivity index (χ0) is 13.8. The molecular weight excluding hydrogens is 288 g/mol. The fourth-order valence-corrected chi connectivity index (χ4v) is 3.28. The van der Waals surface area contributed by atoms with Gasteiger partial charge in [0.25, 0.3) is 0 Å². The number of benzene rings is 2. The third-order valence-corrected chi connectivity index (χ3v) is 4.36. The van der Waals surface area contributed by atoms with Gasteiger partial charge in [-0.25, -0.2) is 0 Å². The molecule has 0 saturated carbocycles. The van der Waals surface area contributed by atoms with Crippen LogP contribution in [0.5, 0.6) is 5.75 Å². The molecule has 3 aromatic rings. The molecule has 0 unspecified atom stereocenters. The van der Waals surface area contributed by atoms with Crippen molar-refractivity contribution in [1.29, 1.82) is 0 Å². The number of ether oxygens (including phenoxy) is 1. The predicted octanol–water partition coefficient (Wildman–Crippen LogP) is 5.26. The van der Waals surface area contributed by atoms with E-state index >= 15 is 0 Å². The molecule has 20 heavy (non-hydrogen) atoms. The summed E-state index contributed by atoms with van der Waals surface area (Å²) >= 11 is 7.83. The summed E-state index contributed by atoms with van der Waals surface area (Å²) in [7, 11) is 0. The van der Waals surface area contributed by atoms with Crippen LogP contribution in [0.3, 0.4) is 0 Å². The summed E-state index contributed by atoms with van der Waals surface area (Å²) in [5.74, 6) is 1.36. The van der Waals surface area contributed by atoms with Crippen molar-refractivity contribution in [1.82, 2.24) is 0 Å². The van der Waals surface area contributed by atoms with Crippen LogP contribution in [0.2, 0.25) is 0 Å². The van der Waals surface area contributed by atoms with E-state index in [9.17, 15) is 0 Å². The summed E-state index contributed by atoms with van der Waals surface area (Å²) < 4.78 is 5.93. The molecule has 1 nitrogen and oxygen atoms in total. The van der Waals surface area contributed by atoms with Gasteiger partial charge in [0.05, 0.1) is 12.5 Å². The average Bonchev–Trinajstić information content (AvgIpc) is 3.00. The average molecular weight is 303 g/mol. The third kappa shape index (κ3) is 2.82. The van der Waals surface area contributed by atoms with Gasteiger partial charge in [-0.3, -0.25) is 0 Å². The topological polar surface area (TPSA) is 9.23 Å². The smallest absolute Gasteiger partial charge is 0.124 e. The van der Waals surface area contributed by atoms with Crippen molar-refractivity contribution < 1.29 is 4.74 Å². The van der Waals surface area contributed by atoms with Crippen LogP contribution >= 0.6 is 22.9 Å². The van der Waals surface area contributed by atoms with Gasteiger partial charge in [-0.1, -0.05) is 30.3 Å². The lowest BCUT2D eigenvalue weighted by Gasteiger charge is -2.12. The van der Waals surface area contributed by atoms with Gasteiger partial charge in [-0.05, 0) is 39.2 Å². The van der Waals surface area contributed by atoms with Crippen molar-refractivity contribution in [3.05, 3.63) is 64.4 Å². The predicted molar refractivity (Wildman–Crippen MR) is 87.0 cm³/mol. The zero-order valence-electron chi connectivity index (χ0n) is 11.0. The Morgan fingerprint density at radius 3 is 2.75 bits per heavy atom. The maximum absolute atomic E-state index is 6.11. The van der Waals surface area contributed by atoms with E-state index < -0.39 is 0 Å². The summed E-state index contributed by atoms with van der Waals surface area (Å²) in [4.78, 5) is 0. The van der Waals surface area contributed by atoms with Crippen molar-refractivity contribution in [2.45, 2.75) is 12.3 Å². The molecule has 1 heterocycles. The fourth-order valence-electron chi connectivity index (χ4n) is 2.30. The van der Waals surface area contributed by atoms with E-state index in [0.717, 1.165) is 17.7 Å². The van der Waals surface area contributed by atoms with Crippen molar-refractivity contribution in [3.8, 4) is 5.75 Å². The van der Waals surface area contributed by atoms with E-state index in [-0.39, 0.29) is 0 Å². The number of rotatable bonds is 5. The van der Waals surface area contributed by atoms with E-state index in [0.29, 0.717) is 12.5 Å². The molecule has 0 amide bonds. The lowest BCUT2D eigenvalue weighted by Crippen LogP contribution is -2.02. The first-order valence-corrected chi connectivity index (χ1v) is 8.06. The van der Waals surface area contributed by atoms with Gasteiger partial charge in [-0.2, -0.15) is 11.3 Å². The minimum absolute atomic E-state index is 0.467. The Balaban J connectivity index is 1.80. The Morgan fingerprint density at radius 2 is 1.95 bits per heavy atom.